The van der Waals surface area contributed by atoms with Gasteiger partial charge in [0.2, 0.25) is 0 Å². The zero-order chi connectivity index (χ0) is 100. The largest absolute Gasteiger partial charge is 0.354 e. The third-order valence-corrected chi connectivity index (χ3v) is 28.2. The molecular weight excluding hydrogens is 1690 g/mol. The van der Waals surface area contributed by atoms with E-state index in [-0.39, 0.29) is 54.1 Å². The van der Waals surface area contributed by atoms with Crippen molar-refractivity contribution in [2.24, 2.45) is 0 Å². The zero-order valence-electron chi connectivity index (χ0n) is 88.8. The fraction of sp³-hybridized carbons (Fsp3) is 0.299. The number of nitrogens with zero attached hydrogens (tertiary/aromatic N) is 4. The SMILES string of the molecule is CC(C)(C)c1ccc(N(c2ccc(-c3cc(C#Cc4ccc(-c5c6nc(c(-c7cc(C(C)(C)C)cc(C(C)(C)C)c7)c7ccc([nH]7)c(-c7cc(C(C)(C)C)cc(C(C)(C)C)c7)c7nc(c(-c8cc(C(C)(C)C)cc(C(C)(C)C)c8)c8ccc5[nH]8)C=C7)C=C6)cc4)cc(-c4ccc(N(c5ccc(C(C)(C)C)cc5)c5ccc(C(C)(C)C)cc5)cc4)c3-c3ccccc3)cc2)c2ccc(C(C)(C)C)cc2)cc1. The lowest BCUT2D eigenvalue weighted by Gasteiger charge is -2.28. The Morgan fingerprint density at radius 3 is 0.643 bits per heavy atom. The van der Waals surface area contributed by atoms with Gasteiger partial charge in [-0.15, -0.1) is 0 Å². The number of hydrogen-bond donors (Lipinski definition) is 2. The van der Waals surface area contributed by atoms with Gasteiger partial charge in [-0.05, 0) is 311 Å². The second kappa shape index (κ2) is 36.6. The van der Waals surface area contributed by atoms with Crippen molar-refractivity contribution in [2.45, 2.75) is 262 Å². The van der Waals surface area contributed by atoms with Crippen molar-refractivity contribution in [3.8, 4) is 89.7 Å². The molecule has 0 unspecified atom stereocenters. The first-order valence-corrected chi connectivity index (χ1v) is 50.4. The van der Waals surface area contributed by atoms with E-state index in [0.717, 1.165) is 168 Å². The number of aromatic nitrogens is 4. The summed E-state index contributed by atoms with van der Waals surface area (Å²) < 4.78 is 0. The molecule has 0 saturated carbocycles. The molecule has 0 atom stereocenters. The molecule has 17 rings (SSSR count). The Labute approximate surface area is 836 Å². The summed E-state index contributed by atoms with van der Waals surface area (Å²) in [6, 6.07) is 110. The fourth-order valence-electron chi connectivity index (χ4n) is 19.2. The summed E-state index contributed by atoms with van der Waals surface area (Å²) >= 11 is 0. The summed E-state index contributed by atoms with van der Waals surface area (Å²) in [4.78, 5) is 25.1. The van der Waals surface area contributed by atoms with Crippen molar-refractivity contribution in [2.75, 3.05) is 9.80 Å². The minimum Gasteiger partial charge on any atom is -0.354 e. The van der Waals surface area contributed by atoms with Crippen LogP contribution in [0.15, 0.2) is 291 Å². The van der Waals surface area contributed by atoms with Gasteiger partial charge in [-0.2, -0.15) is 0 Å². The number of rotatable bonds is 13. The summed E-state index contributed by atoms with van der Waals surface area (Å²) in [6.07, 6.45) is 8.98. The lowest BCUT2D eigenvalue weighted by atomic mass is 9.78. The molecule has 0 spiro atoms. The van der Waals surface area contributed by atoms with Gasteiger partial charge in [0, 0.05) is 89.6 Å². The van der Waals surface area contributed by atoms with Crippen LogP contribution < -0.4 is 9.80 Å². The van der Waals surface area contributed by atoms with Crippen LogP contribution in [-0.4, -0.2) is 19.9 Å². The van der Waals surface area contributed by atoms with Gasteiger partial charge < -0.3 is 19.8 Å². The lowest BCUT2D eigenvalue weighted by molar-refractivity contribution is 0.568. The van der Waals surface area contributed by atoms with Crippen LogP contribution in [0.1, 0.15) is 297 Å². The number of nitrogens with one attached hydrogen (secondary N) is 2. The number of benzene rings is 12. The van der Waals surface area contributed by atoms with Crippen LogP contribution >= 0.6 is 0 Å². The van der Waals surface area contributed by atoms with Crippen LogP contribution in [-0.2, 0) is 54.1 Å². The third-order valence-electron chi connectivity index (χ3n) is 28.2. The highest BCUT2D eigenvalue weighted by Crippen LogP contribution is 2.50. The smallest absolute Gasteiger partial charge is 0.0737 e. The molecule has 6 heteroatoms. The van der Waals surface area contributed by atoms with Crippen molar-refractivity contribution in [1.29, 1.82) is 0 Å². The van der Waals surface area contributed by atoms with Gasteiger partial charge in [0.05, 0.1) is 22.8 Å². The van der Waals surface area contributed by atoms with E-state index >= 15 is 0 Å². The van der Waals surface area contributed by atoms with E-state index in [1.807, 2.05) is 0 Å². The van der Waals surface area contributed by atoms with E-state index in [1.54, 1.807) is 0 Å². The highest BCUT2D eigenvalue weighted by molar-refractivity contribution is 6.02. The molecule has 6 nitrogen and oxygen atoms in total. The maximum Gasteiger partial charge on any atom is 0.0737 e. The predicted octanol–water partition coefficient (Wildman–Crippen LogP) is 37.6. The summed E-state index contributed by atoms with van der Waals surface area (Å²) in [5.41, 5.74) is 42.1. The molecule has 0 amide bonds. The molecular formula is C134H144N6. The summed E-state index contributed by atoms with van der Waals surface area (Å²) in [5, 5.41) is 0. The molecule has 12 aromatic carbocycles. The summed E-state index contributed by atoms with van der Waals surface area (Å²) in [6.45, 7) is 69.2. The average molecular weight is 1840 g/mol. The summed E-state index contributed by atoms with van der Waals surface area (Å²) in [5.74, 6) is 7.64. The Balaban J connectivity index is 0.883. The molecule has 0 aliphatic carbocycles. The number of hydrogen-bond acceptors (Lipinski definition) is 4. The minimum atomic E-state index is -0.165. The third kappa shape index (κ3) is 20.9. The van der Waals surface area contributed by atoms with Crippen molar-refractivity contribution in [3.63, 3.8) is 0 Å². The highest BCUT2D eigenvalue weighted by atomic mass is 15.1. The topological polar surface area (TPSA) is 63.8 Å². The number of aromatic amines is 2. The number of anilines is 6. The maximum absolute atomic E-state index is 5.97. The molecule has 0 radical (unpaired) electrons. The van der Waals surface area contributed by atoms with E-state index in [0.29, 0.717) is 0 Å². The van der Waals surface area contributed by atoms with E-state index in [2.05, 4.69) is 555 Å². The molecule has 710 valence electrons. The maximum atomic E-state index is 5.97. The fourth-order valence-corrected chi connectivity index (χ4v) is 19.2. The van der Waals surface area contributed by atoms with Crippen LogP contribution in [0.2, 0.25) is 0 Å². The highest BCUT2D eigenvalue weighted by Gasteiger charge is 2.32. The first-order valence-electron chi connectivity index (χ1n) is 50.4. The molecule has 5 heterocycles. The van der Waals surface area contributed by atoms with Gasteiger partial charge in [0.25, 0.3) is 0 Å². The van der Waals surface area contributed by atoms with E-state index in [4.69, 9.17) is 9.97 Å². The van der Waals surface area contributed by atoms with Crippen molar-refractivity contribution >= 4 is 80.5 Å². The van der Waals surface area contributed by atoms with Crippen LogP contribution in [0.3, 0.4) is 0 Å². The van der Waals surface area contributed by atoms with Crippen LogP contribution in [0.4, 0.5) is 34.1 Å². The Hall–Kier alpha value is -13.6. The first kappa shape index (κ1) is 98.0. The van der Waals surface area contributed by atoms with Crippen molar-refractivity contribution in [3.05, 3.63) is 381 Å². The summed E-state index contributed by atoms with van der Waals surface area (Å²) in [7, 11) is 0. The number of H-pyrrole nitrogens is 2. The molecule has 2 aliphatic heterocycles. The van der Waals surface area contributed by atoms with Gasteiger partial charge in [0.15, 0.2) is 0 Å². The van der Waals surface area contributed by atoms with Gasteiger partial charge in [-0.3, -0.25) is 0 Å². The lowest BCUT2D eigenvalue weighted by Crippen LogP contribution is -2.16. The van der Waals surface area contributed by atoms with Crippen molar-refractivity contribution in [1.82, 2.24) is 19.9 Å². The zero-order valence-corrected chi connectivity index (χ0v) is 88.8. The normalized spacial score (nSPS) is 13.0. The van der Waals surface area contributed by atoms with Gasteiger partial charge >= 0.3 is 0 Å². The van der Waals surface area contributed by atoms with Crippen LogP contribution in [0, 0.1) is 11.8 Å². The molecule has 3 aromatic heterocycles. The van der Waals surface area contributed by atoms with Gasteiger partial charge in [-0.25, -0.2) is 9.97 Å². The average Bonchev–Trinajstić information content (AvgIpc) is 1.47. The molecule has 8 bridgehead atoms. The quantitative estimate of drug-likeness (QED) is 0.113. The standard InChI is InChI=1S/C134H144N6/c1-125(2,3)94-46-58-106(59-47-94)139(107-60-48-95(49-61-107)126(4,5)6)104-54-42-87(43-55-104)110-74-86(75-111(120(110)89-34-32-31-33-35-89)88-44-56-105(57-45-88)140(108-62-50-96(51-63-108)127(7,8)9)109-64-52-97(53-65-109)128(10,11)12)37-36-85-38-40-90(41-39-85)121-112-66-68-114(135-112)122(91-76-98(129(13,14)15)82-99(77-91)130(16,17)18)116-70-72-118(137-116)124(93-80-102(133(25,26)27)84-103(81-93)134(28,29)30)119-73-71-117(138-119)123(115-69-67-113(121)136-115)92-78-100(131(19,20)21)83-101(79-92)132(22,23)24/h31-35,38-84,135,138H,1-30H3. The van der Waals surface area contributed by atoms with E-state index in [9.17, 15) is 0 Å². The van der Waals surface area contributed by atoms with Gasteiger partial charge in [-0.1, -0.05) is 389 Å². The van der Waals surface area contributed by atoms with Gasteiger partial charge in [0.1, 0.15) is 0 Å². The Morgan fingerprint density at radius 1 is 0.186 bits per heavy atom. The Morgan fingerprint density at radius 2 is 0.400 bits per heavy atom. The monoisotopic (exact) mass is 1840 g/mol. The van der Waals surface area contributed by atoms with E-state index in [1.165, 1.54) is 55.6 Å². The van der Waals surface area contributed by atoms with E-state index < -0.39 is 0 Å². The number of fused-ring (bicyclic) bond motifs is 8. The predicted molar refractivity (Wildman–Crippen MR) is 606 cm³/mol. The first-order chi connectivity index (χ1) is 65.6. The second-order valence-electron chi connectivity index (χ2n) is 49.5. The molecule has 140 heavy (non-hydrogen) atoms. The molecule has 0 saturated heterocycles. The van der Waals surface area contributed by atoms with Crippen LogP contribution in [0.25, 0.3) is 124 Å². The van der Waals surface area contributed by atoms with Crippen LogP contribution in [0.5, 0.6) is 0 Å². The Bertz CT molecular complexity index is 7040. The molecule has 15 aromatic rings. The Kier molecular flexibility index (Phi) is 25.6. The molecule has 2 N–H and O–H groups in total. The molecule has 2 aliphatic rings. The minimum absolute atomic E-state index is 0.00694. The van der Waals surface area contributed by atoms with Crippen molar-refractivity contribution < 1.29 is 0 Å². The second-order valence-corrected chi connectivity index (χ2v) is 49.5. The molecule has 0 fully saturated rings.